The summed E-state index contributed by atoms with van der Waals surface area (Å²) in [5.41, 5.74) is 0. The molecule has 0 bridgehead atoms. The smallest absolute Gasteiger partial charge is 0.378 e. The predicted octanol–water partition coefficient (Wildman–Crippen LogP) is -9.10. The molecule has 10 atom stereocenters. The Morgan fingerprint density at radius 2 is 0.865 bits per heavy atom. The number of Topliss-reactive ketones (excluding diaryl/α,β-unsaturated/α-hetero) is 2. The van der Waals surface area contributed by atoms with Crippen LogP contribution in [0.2, 0.25) is 0 Å². The standard InChI is InChI=1S/C18H28O19/c19-1-4(22)7(25)10(28)12(30)17(34)36-14(9(27)6(24)3-21)15(16(32)33)37-18(35)13(31)11(29)8(26)5(23)2-20/h4-11,14-15,19-29H,1-3H2,(H,32,33)/t4-,5-,6+,7+,8+,9-,10+,11-,14+,15+/m0/s1. The highest BCUT2D eigenvalue weighted by Gasteiger charge is 2.46. The number of hydrogen-bond donors (Lipinski definition) is 12. The lowest BCUT2D eigenvalue weighted by Crippen LogP contribution is -2.55. The second-order valence-corrected chi connectivity index (χ2v) is 7.37. The molecule has 0 amide bonds. The number of carboxylic acids is 1. The number of carbonyl (C=O) groups excluding carboxylic acids is 4. The molecule has 214 valence electrons. The van der Waals surface area contributed by atoms with Crippen LogP contribution >= 0.6 is 0 Å². The lowest BCUT2D eigenvalue weighted by atomic mass is 10.0. The molecular weight excluding hydrogens is 520 g/mol. The molecule has 0 aromatic heterocycles. The Labute approximate surface area is 206 Å². The molecule has 19 nitrogen and oxygen atoms in total. The van der Waals surface area contributed by atoms with Crippen LogP contribution in [0.4, 0.5) is 0 Å². The van der Waals surface area contributed by atoms with Crippen LogP contribution in [-0.4, -0.2) is 172 Å². The molecule has 0 rings (SSSR count). The van der Waals surface area contributed by atoms with E-state index in [4.69, 9.17) is 15.3 Å². The van der Waals surface area contributed by atoms with Gasteiger partial charge in [-0.2, -0.15) is 0 Å². The van der Waals surface area contributed by atoms with Gasteiger partial charge in [-0.3, -0.25) is 9.59 Å². The zero-order valence-corrected chi connectivity index (χ0v) is 18.6. The molecule has 37 heavy (non-hydrogen) atoms. The average Bonchev–Trinajstić information content (AvgIpc) is 2.89. The second kappa shape index (κ2) is 15.5. The van der Waals surface area contributed by atoms with Crippen molar-refractivity contribution in [2.24, 2.45) is 0 Å². The lowest BCUT2D eigenvalue weighted by Gasteiger charge is -2.30. The van der Waals surface area contributed by atoms with E-state index in [9.17, 15) is 69.9 Å². The molecule has 0 aliphatic rings. The summed E-state index contributed by atoms with van der Waals surface area (Å²) >= 11 is 0. The summed E-state index contributed by atoms with van der Waals surface area (Å²) in [6, 6.07) is 0. The summed E-state index contributed by atoms with van der Waals surface area (Å²) in [7, 11) is 0. The van der Waals surface area contributed by atoms with Crippen molar-refractivity contribution in [3.05, 3.63) is 0 Å². The molecular formula is C18H28O19. The molecule has 0 saturated carbocycles. The molecule has 0 aromatic rings. The Balaban J connectivity index is 6.01. The van der Waals surface area contributed by atoms with Crippen LogP contribution in [0.5, 0.6) is 0 Å². The highest BCUT2D eigenvalue weighted by atomic mass is 16.6. The van der Waals surface area contributed by atoms with Crippen molar-refractivity contribution in [1.29, 1.82) is 0 Å². The SMILES string of the molecule is O=C(O[C@@H](C(=O)O)[C@H](OC(=O)C(=O)[C@H](O)[C@H](O)[C@@H](O)CO)[C@@H](O)[C@H](O)CO)C(=O)[C@@H](O)[C@H](O)[C@@H](O)CO. The van der Waals surface area contributed by atoms with Crippen LogP contribution < -0.4 is 0 Å². The molecule has 0 heterocycles. The molecule has 0 radical (unpaired) electrons. The number of carbonyl (C=O) groups is 5. The first-order chi connectivity index (χ1) is 17.1. The summed E-state index contributed by atoms with van der Waals surface area (Å²) in [4.78, 5) is 59.7. The van der Waals surface area contributed by atoms with E-state index in [0.717, 1.165) is 0 Å². The van der Waals surface area contributed by atoms with E-state index in [0.29, 0.717) is 0 Å². The van der Waals surface area contributed by atoms with Gasteiger partial charge in [0.05, 0.1) is 19.8 Å². The molecule has 19 heteroatoms. The molecule has 0 aromatic carbocycles. The minimum atomic E-state index is -2.98. The number of esters is 2. The molecule has 0 aliphatic heterocycles. The molecule has 0 fully saturated rings. The van der Waals surface area contributed by atoms with Crippen molar-refractivity contribution in [2.75, 3.05) is 19.8 Å². The normalized spacial score (nSPS) is 19.6. The van der Waals surface area contributed by atoms with Gasteiger partial charge in [0.2, 0.25) is 6.10 Å². The van der Waals surface area contributed by atoms with Crippen LogP contribution in [0.3, 0.4) is 0 Å². The third-order valence-corrected chi connectivity index (χ3v) is 4.69. The molecule has 12 N–H and O–H groups in total. The fourth-order valence-electron chi connectivity index (χ4n) is 2.44. The molecule has 0 saturated heterocycles. The van der Waals surface area contributed by atoms with E-state index in [1.807, 2.05) is 0 Å². The lowest BCUT2D eigenvalue weighted by molar-refractivity contribution is -0.198. The largest absolute Gasteiger partial charge is 0.478 e. The third-order valence-electron chi connectivity index (χ3n) is 4.69. The van der Waals surface area contributed by atoms with E-state index in [1.54, 1.807) is 0 Å². The molecule has 0 aliphatic carbocycles. The minimum absolute atomic E-state index is 1.19. The maximum atomic E-state index is 12.1. The Kier molecular flexibility index (Phi) is 14.4. The van der Waals surface area contributed by atoms with Crippen LogP contribution in [0.25, 0.3) is 0 Å². The maximum Gasteiger partial charge on any atom is 0.378 e. The number of ether oxygens (including phenoxy) is 2. The van der Waals surface area contributed by atoms with Crippen molar-refractivity contribution in [2.45, 2.75) is 61.0 Å². The highest BCUT2D eigenvalue weighted by Crippen LogP contribution is 2.16. The van der Waals surface area contributed by atoms with Crippen molar-refractivity contribution in [3.63, 3.8) is 0 Å². The van der Waals surface area contributed by atoms with Crippen molar-refractivity contribution >= 4 is 29.5 Å². The second-order valence-electron chi connectivity index (χ2n) is 7.37. The first kappa shape index (κ1) is 34.3. The molecule has 0 spiro atoms. The van der Waals surface area contributed by atoms with Gasteiger partial charge in [0.15, 0.2) is 18.3 Å². The molecule has 0 unspecified atom stereocenters. The Morgan fingerprint density at radius 1 is 0.541 bits per heavy atom. The summed E-state index contributed by atoms with van der Waals surface area (Å²) in [6.07, 6.45) is -25.6. The van der Waals surface area contributed by atoms with Gasteiger partial charge in [0.1, 0.15) is 36.6 Å². The van der Waals surface area contributed by atoms with Gasteiger partial charge in [0, 0.05) is 0 Å². The number of hydrogen-bond acceptors (Lipinski definition) is 18. The quantitative estimate of drug-likeness (QED) is 0.0592. The zero-order valence-electron chi connectivity index (χ0n) is 18.6. The first-order valence-electron chi connectivity index (χ1n) is 10.1. The van der Waals surface area contributed by atoms with Gasteiger partial charge in [-0.25, -0.2) is 14.4 Å². The Hall–Kier alpha value is -2.69. The van der Waals surface area contributed by atoms with E-state index in [1.165, 1.54) is 0 Å². The fourth-order valence-corrected chi connectivity index (χ4v) is 2.44. The Morgan fingerprint density at radius 3 is 1.19 bits per heavy atom. The zero-order chi connectivity index (χ0) is 29.2. The van der Waals surface area contributed by atoms with Gasteiger partial charge < -0.3 is 70.8 Å². The van der Waals surface area contributed by atoms with E-state index in [2.05, 4.69) is 9.47 Å². The number of carboxylic acid groups (broad SMARTS) is 1. The highest BCUT2D eigenvalue weighted by molar-refractivity contribution is 6.36. The van der Waals surface area contributed by atoms with E-state index < -0.39 is 110 Å². The fraction of sp³-hybridized carbons (Fsp3) is 0.722. The van der Waals surface area contributed by atoms with E-state index >= 15 is 0 Å². The van der Waals surface area contributed by atoms with Crippen LogP contribution in [-0.2, 0) is 33.4 Å². The number of aliphatic hydroxyl groups excluding tert-OH is 11. The topological polar surface area (TPSA) is 347 Å². The predicted molar refractivity (Wildman–Crippen MR) is 107 cm³/mol. The van der Waals surface area contributed by atoms with Gasteiger partial charge in [-0.1, -0.05) is 0 Å². The van der Waals surface area contributed by atoms with Crippen molar-refractivity contribution < 1.29 is 94.7 Å². The van der Waals surface area contributed by atoms with Crippen LogP contribution in [0, 0.1) is 0 Å². The van der Waals surface area contributed by atoms with Gasteiger partial charge >= 0.3 is 17.9 Å². The van der Waals surface area contributed by atoms with Gasteiger partial charge in [-0.05, 0) is 0 Å². The Bertz CT molecular complexity index is 800. The minimum Gasteiger partial charge on any atom is -0.478 e. The third kappa shape index (κ3) is 9.28. The number of aliphatic carboxylic acids is 1. The van der Waals surface area contributed by atoms with Crippen LogP contribution in [0.15, 0.2) is 0 Å². The summed E-state index contributed by atoms with van der Waals surface area (Å²) in [6.45, 7) is -3.71. The number of aliphatic hydroxyl groups is 11. The summed E-state index contributed by atoms with van der Waals surface area (Å²) in [5.74, 6) is -11.1. The van der Waals surface area contributed by atoms with Gasteiger partial charge in [-0.15, -0.1) is 0 Å². The van der Waals surface area contributed by atoms with Gasteiger partial charge in [0.25, 0.3) is 11.6 Å². The van der Waals surface area contributed by atoms with Crippen molar-refractivity contribution in [3.8, 4) is 0 Å². The van der Waals surface area contributed by atoms with Crippen molar-refractivity contribution in [1.82, 2.24) is 0 Å². The number of ketones is 2. The average molecular weight is 548 g/mol. The van der Waals surface area contributed by atoms with Crippen LogP contribution in [0.1, 0.15) is 0 Å². The maximum absolute atomic E-state index is 12.1. The first-order valence-corrected chi connectivity index (χ1v) is 10.1. The summed E-state index contributed by atoms with van der Waals surface area (Å²) < 4.78 is 8.62. The number of rotatable bonds is 17. The van der Waals surface area contributed by atoms with E-state index in [-0.39, 0.29) is 0 Å². The monoisotopic (exact) mass is 548 g/mol. The summed E-state index contributed by atoms with van der Waals surface area (Å²) in [5, 5.41) is 112.